The van der Waals surface area contributed by atoms with Gasteiger partial charge in [-0.3, -0.25) is 9.36 Å². The second kappa shape index (κ2) is 9.85. The van der Waals surface area contributed by atoms with E-state index in [1.54, 1.807) is 63.4 Å². The minimum atomic E-state index is -1.21. The maximum atomic E-state index is 13.3. The molecule has 2 aromatic carbocycles. The Morgan fingerprint density at radius 3 is 2.54 bits per heavy atom. The van der Waals surface area contributed by atoms with Gasteiger partial charge in [0, 0.05) is 11.8 Å². The average molecular weight is 560 g/mol. The summed E-state index contributed by atoms with van der Waals surface area (Å²) in [4.78, 5) is 26.3. The number of rotatable bonds is 6. The molecule has 0 saturated carbocycles. The minimum Gasteiger partial charge on any atom is -0.472 e. The summed E-state index contributed by atoms with van der Waals surface area (Å²) in [6, 6.07) is 12.7. The first-order valence-electron chi connectivity index (χ1n) is 10.6. The van der Waals surface area contributed by atoms with Crippen molar-refractivity contribution in [1.29, 1.82) is 0 Å². The molecule has 2 aromatic heterocycles. The standard InChI is InChI=1S/C25H21BrClFN4O3/c1-14-30-22(35-13-15-4-7-17(28)8-5-15)21(26)23(33)32(14)20-12-16(6-9-18(20)27)19-10-11-29-24(31-19)25(2,3)34/h4-12,34H,13H2,1-3H3. The van der Waals surface area contributed by atoms with E-state index in [0.717, 1.165) is 5.56 Å². The molecule has 4 rings (SSSR count). The number of ether oxygens (including phenoxy) is 1. The van der Waals surface area contributed by atoms with Gasteiger partial charge in [-0.2, -0.15) is 4.98 Å². The average Bonchev–Trinajstić information content (AvgIpc) is 2.82. The topological polar surface area (TPSA) is 90.1 Å². The van der Waals surface area contributed by atoms with Crippen LogP contribution in [0.1, 0.15) is 31.1 Å². The van der Waals surface area contributed by atoms with Crippen molar-refractivity contribution in [2.24, 2.45) is 0 Å². The minimum absolute atomic E-state index is 0.113. The summed E-state index contributed by atoms with van der Waals surface area (Å²) in [7, 11) is 0. The molecule has 0 saturated heterocycles. The van der Waals surface area contributed by atoms with E-state index in [2.05, 4.69) is 30.9 Å². The Hall–Kier alpha value is -3.14. The molecule has 0 fully saturated rings. The molecule has 0 aliphatic carbocycles. The van der Waals surface area contributed by atoms with Crippen LogP contribution in [0.3, 0.4) is 0 Å². The van der Waals surface area contributed by atoms with Crippen LogP contribution in [0, 0.1) is 12.7 Å². The van der Waals surface area contributed by atoms with Crippen LogP contribution in [0.5, 0.6) is 5.88 Å². The number of aryl methyl sites for hydroxylation is 1. The van der Waals surface area contributed by atoms with E-state index < -0.39 is 11.2 Å². The first kappa shape index (κ1) is 25.0. The van der Waals surface area contributed by atoms with E-state index in [-0.39, 0.29) is 28.6 Å². The van der Waals surface area contributed by atoms with Crippen LogP contribution in [0.4, 0.5) is 4.39 Å². The van der Waals surface area contributed by atoms with Gasteiger partial charge in [-0.1, -0.05) is 29.8 Å². The van der Waals surface area contributed by atoms with E-state index in [1.807, 2.05) is 0 Å². The second-order valence-corrected chi connectivity index (χ2v) is 9.52. The molecule has 0 atom stereocenters. The van der Waals surface area contributed by atoms with Crippen LogP contribution in [0.25, 0.3) is 16.9 Å². The smallest absolute Gasteiger partial charge is 0.276 e. The lowest BCUT2D eigenvalue weighted by Gasteiger charge is -2.17. The number of aliphatic hydroxyl groups is 1. The summed E-state index contributed by atoms with van der Waals surface area (Å²) in [5.41, 5.74) is 0.757. The highest BCUT2D eigenvalue weighted by atomic mass is 79.9. The van der Waals surface area contributed by atoms with Gasteiger partial charge in [0.15, 0.2) is 5.82 Å². The van der Waals surface area contributed by atoms with Gasteiger partial charge in [-0.25, -0.2) is 14.4 Å². The number of aromatic nitrogens is 4. The van der Waals surface area contributed by atoms with Crippen molar-refractivity contribution in [3.63, 3.8) is 0 Å². The second-order valence-electron chi connectivity index (χ2n) is 8.32. The van der Waals surface area contributed by atoms with Crippen molar-refractivity contribution in [1.82, 2.24) is 19.5 Å². The lowest BCUT2D eigenvalue weighted by atomic mass is 10.1. The monoisotopic (exact) mass is 558 g/mol. The zero-order valence-electron chi connectivity index (χ0n) is 19.1. The molecule has 0 unspecified atom stereocenters. The molecule has 35 heavy (non-hydrogen) atoms. The molecule has 0 aliphatic heterocycles. The fraction of sp³-hybridized carbons (Fsp3) is 0.200. The lowest BCUT2D eigenvalue weighted by Crippen LogP contribution is -2.24. The molecule has 0 bridgehead atoms. The van der Waals surface area contributed by atoms with Crippen molar-refractivity contribution in [3.05, 3.63) is 97.6 Å². The number of hydrogen-bond donors (Lipinski definition) is 1. The largest absolute Gasteiger partial charge is 0.472 e. The Bertz CT molecular complexity index is 1450. The predicted octanol–water partition coefficient (Wildman–Crippen LogP) is 5.36. The lowest BCUT2D eigenvalue weighted by molar-refractivity contribution is 0.0688. The van der Waals surface area contributed by atoms with E-state index in [1.165, 1.54) is 16.7 Å². The highest BCUT2D eigenvalue weighted by Crippen LogP contribution is 2.29. The molecule has 10 heteroatoms. The third-order valence-corrected chi connectivity index (χ3v) is 6.14. The molecule has 4 aromatic rings. The molecular weight excluding hydrogens is 539 g/mol. The van der Waals surface area contributed by atoms with Crippen LogP contribution in [0.15, 0.2) is 64.0 Å². The SMILES string of the molecule is Cc1nc(OCc2ccc(F)cc2)c(Br)c(=O)n1-c1cc(-c2ccnc(C(C)(C)O)n2)ccc1Cl. The van der Waals surface area contributed by atoms with E-state index in [4.69, 9.17) is 16.3 Å². The zero-order valence-corrected chi connectivity index (χ0v) is 21.4. The summed E-state index contributed by atoms with van der Waals surface area (Å²) < 4.78 is 20.3. The van der Waals surface area contributed by atoms with E-state index in [0.29, 0.717) is 27.8 Å². The van der Waals surface area contributed by atoms with Gasteiger partial charge in [0.2, 0.25) is 5.88 Å². The molecule has 7 nitrogen and oxygen atoms in total. The summed E-state index contributed by atoms with van der Waals surface area (Å²) in [5.74, 6) is 0.396. The van der Waals surface area contributed by atoms with Gasteiger partial charge in [0.1, 0.15) is 28.3 Å². The summed E-state index contributed by atoms with van der Waals surface area (Å²) in [6.45, 7) is 4.98. The number of benzene rings is 2. The molecule has 2 heterocycles. The summed E-state index contributed by atoms with van der Waals surface area (Å²) in [5, 5.41) is 10.6. The zero-order chi connectivity index (χ0) is 25.3. The van der Waals surface area contributed by atoms with Gasteiger partial charge in [-0.05, 0) is 72.6 Å². The number of hydrogen-bond acceptors (Lipinski definition) is 6. The summed E-state index contributed by atoms with van der Waals surface area (Å²) >= 11 is 9.77. The number of halogens is 3. The van der Waals surface area contributed by atoms with Crippen molar-refractivity contribution < 1.29 is 14.2 Å². The van der Waals surface area contributed by atoms with Crippen LogP contribution < -0.4 is 10.3 Å². The maximum Gasteiger partial charge on any atom is 0.276 e. The Morgan fingerprint density at radius 1 is 1.14 bits per heavy atom. The fourth-order valence-electron chi connectivity index (χ4n) is 3.35. The van der Waals surface area contributed by atoms with Gasteiger partial charge in [0.25, 0.3) is 5.56 Å². The molecule has 180 valence electrons. The third-order valence-electron chi connectivity index (χ3n) is 5.14. The van der Waals surface area contributed by atoms with Crippen LogP contribution in [-0.4, -0.2) is 24.6 Å². The predicted molar refractivity (Wildman–Crippen MR) is 134 cm³/mol. The van der Waals surface area contributed by atoms with Crippen molar-refractivity contribution >= 4 is 27.5 Å². The van der Waals surface area contributed by atoms with Crippen LogP contribution in [0.2, 0.25) is 5.02 Å². The molecular formula is C25H21BrClFN4O3. The Labute approximate surface area is 214 Å². The van der Waals surface area contributed by atoms with Crippen molar-refractivity contribution in [2.75, 3.05) is 0 Å². The van der Waals surface area contributed by atoms with Crippen LogP contribution >= 0.6 is 27.5 Å². The Morgan fingerprint density at radius 2 is 1.86 bits per heavy atom. The van der Waals surface area contributed by atoms with Crippen molar-refractivity contribution in [3.8, 4) is 22.8 Å². The van der Waals surface area contributed by atoms with E-state index in [9.17, 15) is 14.3 Å². The molecule has 1 N–H and O–H groups in total. The van der Waals surface area contributed by atoms with Gasteiger partial charge in [-0.15, -0.1) is 0 Å². The van der Waals surface area contributed by atoms with Crippen LogP contribution in [-0.2, 0) is 12.2 Å². The summed E-state index contributed by atoms with van der Waals surface area (Å²) in [6.07, 6.45) is 1.56. The molecule has 0 radical (unpaired) electrons. The highest BCUT2D eigenvalue weighted by Gasteiger charge is 2.21. The van der Waals surface area contributed by atoms with Crippen molar-refractivity contribution in [2.45, 2.75) is 33.0 Å². The first-order chi connectivity index (χ1) is 16.5. The van der Waals surface area contributed by atoms with Gasteiger partial charge in [0.05, 0.1) is 16.4 Å². The first-order valence-corrected chi connectivity index (χ1v) is 11.7. The molecule has 0 spiro atoms. The normalized spacial score (nSPS) is 11.5. The third kappa shape index (κ3) is 5.42. The Kier molecular flexibility index (Phi) is 7.02. The molecule has 0 aliphatic rings. The molecule has 0 amide bonds. The van der Waals surface area contributed by atoms with Gasteiger partial charge < -0.3 is 9.84 Å². The maximum absolute atomic E-state index is 13.3. The van der Waals surface area contributed by atoms with Gasteiger partial charge >= 0.3 is 0 Å². The quantitative estimate of drug-likeness (QED) is 0.342. The highest BCUT2D eigenvalue weighted by molar-refractivity contribution is 9.10. The fourth-order valence-corrected chi connectivity index (χ4v) is 3.93. The number of nitrogens with zero attached hydrogens (tertiary/aromatic N) is 4. The van der Waals surface area contributed by atoms with E-state index >= 15 is 0 Å². The Balaban J connectivity index is 1.72.